The van der Waals surface area contributed by atoms with Crippen molar-refractivity contribution in [1.29, 1.82) is 0 Å². The van der Waals surface area contributed by atoms with Gasteiger partial charge in [-0.3, -0.25) is 4.79 Å². The number of sulfonamides is 1. The van der Waals surface area contributed by atoms with Gasteiger partial charge in [-0.15, -0.1) is 0 Å². The van der Waals surface area contributed by atoms with Gasteiger partial charge in [-0.1, -0.05) is 31.4 Å². The van der Waals surface area contributed by atoms with Crippen LogP contribution in [-0.4, -0.2) is 38.8 Å². The maximum Gasteiger partial charge on any atom is 0.255 e. The van der Waals surface area contributed by atoms with E-state index in [9.17, 15) is 13.2 Å². The number of anilines is 1. The van der Waals surface area contributed by atoms with Gasteiger partial charge in [-0.2, -0.15) is 4.31 Å². The lowest BCUT2D eigenvalue weighted by Gasteiger charge is -2.30. The van der Waals surface area contributed by atoms with Crippen LogP contribution in [0.4, 0.5) is 5.69 Å². The predicted molar refractivity (Wildman–Crippen MR) is 109 cm³/mol. The topological polar surface area (TPSA) is 75.7 Å². The minimum Gasteiger partial charge on any atom is -0.497 e. The zero-order valence-electron chi connectivity index (χ0n) is 16.2. The van der Waals surface area contributed by atoms with Crippen LogP contribution in [-0.2, 0) is 10.0 Å². The molecule has 2 aromatic rings. The molecule has 0 unspecified atom stereocenters. The fraction of sp³-hybridized carbons (Fsp3) is 0.381. The number of rotatable bonds is 6. The average molecular weight is 403 g/mol. The molecule has 3 rings (SSSR count). The largest absolute Gasteiger partial charge is 0.497 e. The van der Waals surface area contributed by atoms with Crippen LogP contribution in [0.3, 0.4) is 0 Å². The van der Waals surface area contributed by atoms with Crippen molar-refractivity contribution in [1.82, 2.24) is 4.31 Å². The summed E-state index contributed by atoms with van der Waals surface area (Å²) in [6.45, 7) is 0. The molecule has 1 aliphatic rings. The number of methoxy groups -OCH3 is 1. The first-order valence-corrected chi connectivity index (χ1v) is 10.9. The Labute approximate surface area is 166 Å². The van der Waals surface area contributed by atoms with E-state index in [1.54, 1.807) is 50.6 Å². The Morgan fingerprint density at radius 2 is 1.79 bits per heavy atom. The average Bonchev–Trinajstić information content (AvgIpc) is 2.74. The number of carbonyl (C=O) groups excluding carboxylic acids is 1. The van der Waals surface area contributed by atoms with Crippen molar-refractivity contribution < 1.29 is 17.9 Å². The third kappa shape index (κ3) is 4.54. The van der Waals surface area contributed by atoms with E-state index in [0.29, 0.717) is 17.0 Å². The van der Waals surface area contributed by atoms with Gasteiger partial charge in [-0.25, -0.2) is 8.42 Å². The monoisotopic (exact) mass is 402 g/mol. The summed E-state index contributed by atoms with van der Waals surface area (Å²) in [7, 11) is -0.458. The van der Waals surface area contributed by atoms with Gasteiger partial charge < -0.3 is 10.1 Å². The van der Waals surface area contributed by atoms with Crippen molar-refractivity contribution >= 4 is 21.6 Å². The van der Waals surface area contributed by atoms with Crippen molar-refractivity contribution in [2.75, 3.05) is 19.5 Å². The minimum absolute atomic E-state index is 0.0213. The Bertz CT molecular complexity index is 937. The molecule has 0 aromatic heterocycles. The van der Waals surface area contributed by atoms with Crippen LogP contribution in [0.1, 0.15) is 42.5 Å². The van der Waals surface area contributed by atoms with E-state index in [2.05, 4.69) is 5.32 Å². The zero-order valence-corrected chi connectivity index (χ0v) is 17.0. The van der Waals surface area contributed by atoms with E-state index in [1.165, 1.54) is 16.4 Å². The highest BCUT2D eigenvalue weighted by Crippen LogP contribution is 2.27. The molecular formula is C21H26N2O4S. The van der Waals surface area contributed by atoms with Crippen molar-refractivity contribution in [3.8, 4) is 5.75 Å². The Hall–Kier alpha value is -2.38. The smallest absolute Gasteiger partial charge is 0.255 e. The summed E-state index contributed by atoms with van der Waals surface area (Å²) >= 11 is 0. The first-order valence-electron chi connectivity index (χ1n) is 9.45. The Morgan fingerprint density at radius 1 is 1.07 bits per heavy atom. The maximum atomic E-state index is 13.0. The highest BCUT2D eigenvalue weighted by Gasteiger charge is 2.29. The molecule has 0 radical (unpaired) electrons. The van der Waals surface area contributed by atoms with Crippen molar-refractivity contribution in [2.45, 2.75) is 43.0 Å². The Morgan fingerprint density at radius 3 is 2.50 bits per heavy atom. The standard InChI is InChI=1S/C21H26N2O4S/c1-23(18-10-4-3-5-11-18)28(25,26)20-13-6-8-16(14-20)21(24)22-17-9-7-12-19(15-17)27-2/h6-9,12-15,18H,3-5,10-11H2,1-2H3,(H,22,24). The van der Waals surface area contributed by atoms with Crippen LogP contribution in [0.5, 0.6) is 5.75 Å². The van der Waals surface area contributed by atoms with E-state index in [-0.39, 0.29) is 16.8 Å². The number of ether oxygens (including phenoxy) is 1. The number of benzene rings is 2. The molecule has 1 fully saturated rings. The number of nitrogens with one attached hydrogen (secondary N) is 1. The SMILES string of the molecule is COc1cccc(NC(=O)c2cccc(S(=O)(=O)N(C)C3CCCCC3)c2)c1. The lowest BCUT2D eigenvalue weighted by atomic mass is 9.96. The Balaban J connectivity index is 1.79. The summed E-state index contributed by atoms with van der Waals surface area (Å²) in [4.78, 5) is 12.7. The van der Waals surface area contributed by atoms with E-state index < -0.39 is 10.0 Å². The fourth-order valence-electron chi connectivity index (χ4n) is 3.51. The highest BCUT2D eigenvalue weighted by molar-refractivity contribution is 7.89. The van der Waals surface area contributed by atoms with Gasteiger partial charge in [0.1, 0.15) is 5.75 Å². The summed E-state index contributed by atoms with van der Waals surface area (Å²) in [5, 5.41) is 2.78. The molecule has 0 aliphatic heterocycles. The van der Waals surface area contributed by atoms with E-state index in [0.717, 1.165) is 32.1 Å². The number of nitrogens with zero attached hydrogens (tertiary/aromatic N) is 1. The molecule has 1 N–H and O–H groups in total. The number of hydrogen-bond acceptors (Lipinski definition) is 4. The van der Waals surface area contributed by atoms with E-state index in [4.69, 9.17) is 4.74 Å². The van der Waals surface area contributed by atoms with Crippen LogP contribution in [0.15, 0.2) is 53.4 Å². The first-order chi connectivity index (χ1) is 13.4. The normalized spacial score (nSPS) is 15.4. The molecule has 150 valence electrons. The van der Waals surface area contributed by atoms with Crippen LogP contribution in [0.2, 0.25) is 0 Å². The lowest BCUT2D eigenvalue weighted by molar-refractivity contribution is 0.102. The molecule has 0 bridgehead atoms. The van der Waals surface area contributed by atoms with Crippen LogP contribution < -0.4 is 10.1 Å². The summed E-state index contributed by atoms with van der Waals surface area (Å²) in [6, 6.07) is 13.2. The van der Waals surface area contributed by atoms with Gasteiger partial charge >= 0.3 is 0 Å². The second kappa shape index (κ2) is 8.75. The second-order valence-corrected chi connectivity index (χ2v) is 9.02. The lowest BCUT2D eigenvalue weighted by Crippen LogP contribution is -2.38. The minimum atomic E-state index is -3.64. The summed E-state index contributed by atoms with van der Waals surface area (Å²) in [6.07, 6.45) is 5.02. The number of hydrogen-bond donors (Lipinski definition) is 1. The predicted octanol–water partition coefficient (Wildman–Crippen LogP) is 3.90. The third-order valence-electron chi connectivity index (χ3n) is 5.19. The molecule has 0 spiro atoms. The first kappa shape index (κ1) is 20.4. The molecule has 1 aliphatic carbocycles. The summed E-state index contributed by atoms with van der Waals surface area (Å²) in [5.41, 5.74) is 0.873. The third-order valence-corrected chi connectivity index (χ3v) is 7.10. The molecule has 28 heavy (non-hydrogen) atoms. The van der Waals surface area contributed by atoms with Crippen LogP contribution in [0, 0.1) is 0 Å². The summed E-state index contributed by atoms with van der Waals surface area (Å²) < 4.78 is 32.7. The van der Waals surface area contributed by atoms with E-state index >= 15 is 0 Å². The van der Waals surface area contributed by atoms with Gasteiger partial charge in [0.25, 0.3) is 5.91 Å². The molecule has 6 nitrogen and oxygen atoms in total. The quantitative estimate of drug-likeness (QED) is 0.795. The zero-order chi connectivity index (χ0) is 20.1. The van der Waals surface area contributed by atoms with Gasteiger partial charge in [0.15, 0.2) is 0 Å². The van der Waals surface area contributed by atoms with Crippen molar-refractivity contribution in [2.24, 2.45) is 0 Å². The molecule has 0 saturated heterocycles. The van der Waals surface area contributed by atoms with Crippen LogP contribution >= 0.6 is 0 Å². The molecule has 7 heteroatoms. The van der Waals surface area contributed by atoms with Gasteiger partial charge in [0.2, 0.25) is 10.0 Å². The highest BCUT2D eigenvalue weighted by atomic mass is 32.2. The Kier molecular flexibility index (Phi) is 6.36. The summed E-state index contributed by atoms with van der Waals surface area (Å²) in [5.74, 6) is 0.258. The van der Waals surface area contributed by atoms with Crippen LogP contribution in [0.25, 0.3) is 0 Å². The molecule has 1 amide bonds. The van der Waals surface area contributed by atoms with Crippen molar-refractivity contribution in [3.63, 3.8) is 0 Å². The molecule has 0 atom stereocenters. The molecule has 0 heterocycles. The maximum absolute atomic E-state index is 13.0. The fourth-order valence-corrected chi connectivity index (χ4v) is 4.97. The molecule has 1 saturated carbocycles. The number of amides is 1. The van der Waals surface area contributed by atoms with Crippen molar-refractivity contribution in [3.05, 3.63) is 54.1 Å². The van der Waals surface area contributed by atoms with Gasteiger partial charge in [-0.05, 0) is 43.2 Å². The van der Waals surface area contributed by atoms with Gasteiger partial charge in [0.05, 0.1) is 12.0 Å². The van der Waals surface area contributed by atoms with Gasteiger partial charge in [0, 0.05) is 30.4 Å². The molecular weight excluding hydrogens is 376 g/mol. The number of carbonyl (C=O) groups is 1. The van der Waals surface area contributed by atoms with E-state index in [1.807, 2.05) is 0 Å². The molecule has 2 aromatic carbocycles. The second-order valence-electron chi connectivity index (χ2n) is 7.03.